The Balaban J connectivity index is 2.14. The van der Waals surface area contributed by atoms with Crippen molar-refractivity contribution in [3.8, 4) is 5.75 Å². The molecule has 0 saturated carbocycles. The molecule has 0 unspecified atom stereocenters. The van der Waals surface area contributed by atoms with E-state index < -0.39 is 10.0 Å². The molecule has 2 aromatic rings. The van der Waals surface area contributed by atoms with Crippen LogP contribution in [0.4, 0.5) is 0 Å². The molecule has 8 nitrogen and oxygen atoms in total. The molecule has 4 N–H and O–H groups in total. The number of hydrogen-bond donors (Lipinski definition) is 2. The maximum atomic E-state index is 13.2. The molecule has 0 saturated heterocycles. The maximum absolute atomic E-state index is 13.2. The second-order valence-electron chi connectivity index (χ2n) is 5.70. The molecular weight excluding hydrogens is 378 g/mol. The van der Waals surface area contributed by atoms with Gasteiger partial charge in [0.05, 0.1) is 12.8 Å². The van der Waals surface area contributed by atoms with E-state index in [0.29, 0.717) is 34.8 Å². The van der Waals surface area contributed by atoms with E-state index >= 15 is 0 Å². The van der Waals surface area contributed by atoms with Crippen LogP contribution in [-0.2, 0) is 16.4 Å². The second kappa shape index (κ2) is 7.00. The first kappa shape index (κ1) is 18.3. The number of benzene rings is 1. The summed E-state index contributed by atoms with van der Waals surface area (Å²) in [6.45, 7) is 0. The van der Waals surface area contributed by atoms with Gasteiger partial charge in [-0.3, -0.25) is 0 Å². The van der Waals surface area contributed by atoms with E-state index in [1.165, 1.54) is 29.4 Å². The van der Waals surface area contributed by atoms with Gasteiger partial charge in [-0.05, 0) is 43.5 Å². The molecule has 3 rings (SSSR count). The average Bonchev–Trinajstić information content (AvgIpc) is 3.05. The number of fused-ring (bicyclic) bond motifs is 1. The standard InChI is InChI=1S/C16H18ClN5O3S/c1-25-14-6-5-10(17)9-15(14)26(23,24)22-8-7-11-12(20-21-16(18)19)3-2-4-13(11)22/h5-9H,2-4H2,1H3,(H4,18,19,21). The summed E-state index contributed by atoms with van der Waals surface area (Å²) in [6, 6.07) is 6.17. The summed E-state index contributed by atoms with van der Waals surface area (Å²) >= 11 is 5.99. The van der Waals surface area contributed by atoms with Crippen LogP contribution in [-0.4, -0.2) is 31.2 Å². The highest BCUT2D eigenvalue weighted by atomic mass is 35.5. The van der Waals surface area contributed by atoms with Crippen LogP contribution in [0.15, 0.2) is 45.6 Å². The predicted molar refractivity (Wildman–Crippen MR) is 100 cm³/mol. The number of nitrogens with zero attached hydrogens (tertiary/aromatic N) is 3. The van der Waals surface area contributed by atoms with Gasteiger partial charge in [0.25, 0.3) is 10.0 Å². The first-order chi connectivity index (χ1) is 12.3. The van der Waals surface area contributed by atoms with Gasteiger partial charge in [-0.1, -0.05) is 11.6 Å². The number of rotatable bonds is 4. The van der Waals surface area contributed by atoms with Crippen LogP contribution in [0.2, 0.25) is 5.02 Å². The van der Waals surface area contributed by atoms with Crippen molar-refractivity contribution in [3.63, 3.8) is 0 Å². The molecule has 1 aromatic heterocycles. The molecule has 0 spiro atoms. The molecule has 1 aliphatic rings. The summed E-state index contributed by atoms with van der Waals surface area (Å²) in [7, 11) is -2.48. The highest BCUT2D eigenvalue weighted by molar-refractivity contribution is 7.90. The number of methoxy groups -OCH3 is 1. The number of guanidine groups is 1. The summed E-state index contributed by atoms with van der Waals surface area (Å²) in [5, 5.41) is 8.03. The van der Waals surface area contributed by atoms with E-state index in [2.05, 4.69) is 10.2 Å². The Morgan fingerprint density at radius 3 is 2.73 bits per heavy atom. The van der Waals surface area contributed by atoms with Gasteiger partial charge in [-0.25, -0.2) is 12.4 Å². The summed E-state index contributed by atoms with van der Waals surface area (Å²) in [5.41, 5.74) is 12.6. The summed E-state index contributed by atoms with van der Waals surface area (Å²) in [6.07, 6.45) is 3.48. The van der Waals surface area contributed by atoms with Crippen LogP contribution in [0.25, 0.3) is 0 Å². The van der Waals surface area contributed by atoms with Crippen molar-refractivity contribution in [3.05, 3.63) is 46.7 Å². The Hall–Kier alpha value is -2.52. The number of hydrogen-bond acceptors (Lipinski definition) is 5. The monoisotopic (exact) mass is 395 g/mol. The smallest absolute Gasteiger partial charge is 0.271 e. The van der Waals surface area contributed by atoms with Crippen molar-refractivity contribution in [2.75, 3.05) is 7.11 Å². The van der Waals surface area contributed by atoms with Crippen molar-refractivity contribution in [2.24, 2.45) is 21.7 Å². The van der Waals surface area contributed by atoms with E-state index in [9.17, 15) is 8.42 Å². The van der Waals surface area contributed by atoms with E-state index in [0.717, 1.165) is 6.42 Å². The van der Waals surface area contributed by atoms with E-state index in [-0.39, 0.29) is 16.6 Å². The minimum Gasteiger partial charge on any atom is -0.495 e. The van der Waals surface area contributed by atoms with Crippen molar-refractivity contribution in [1.29, 1.82) is 0 Å². The van der Waals surface area contributed by atoms with Crippen LogP contribution in [0.1, 0.15) is 24.1 Å². The molecule has 1 aliphatic carbocycles. The molecule has 138 valence electrons. The van der Waals surface area contributed by atoms with Gasteiger partial charge < -0.3 is 16.2 Å². The Kier molecular flexibility index (Phi) is 4.92. The van der Waals surface area contributed by atoms with Gasteiger partial charge in [0, 0.05) is 22.5 Å². The molecule has 1 aromatic carbocycles. The summed E-state index contributed by atoms with van der Waals surface area (Å²) in [5.74, 6) is 0.0717. The number of ether oxygens (including phenoxy) is 1. The second-order valence-corrected chi connectivity index (χ2v) is 7.92. The lowest BCUT2D eigenvalue weighted by molar-refractivity contribution is 0.402. The van der Waals surface area contributed by atoms with Crippen molar-refractivity contribution in [1.82, 2.24) is 3.97 Å². The maximum Gasteiger partial charge on any atom is 0.271 e. The molecule has 0 radical (unpaired) electrons. The van der Waals surface area contributed by atoms with Crippen LogP contribution in [0.5, 0.6) is 5.75 Å². The quantitative estimate of drug-likeness (QED) is 0.463. The molecular formula is C16H18ClN5O3S. The molecule has 0 bridgehead atoms. The molecule has 0 aliphatic heterocycles. The van der Waals surface area contributed by atoms with Gasteiger partial charge >= 0.3 is 0 Å². The minimum absolute atomic E-state index is 0.000754. The van der Waals surface area contributed by atoms with E-state index in [1.807, 2.05) is 0 Å². The van der Waals surface area contributed by atoms with Gasteiger partial charge in [0.2, 0.25) is 5.96 Å². The van der Waals surface area contributed by atoms with Gasteiger partial charge in [-0.15, -0.1) is 5.10 Å². The number of aromatic nitrogens is 1. The summed E-state index contributed by atoms with van der Waals surface area (Å²) < 4.78 is 32.8. The highest BCUT2D eigenvalue weighted by Crippen LogP contribution is 2.32. The van der Waals surface area contributed by atoms with Crippen LogP contribution < -0.4 is 16.2 Å². The first-order valence-electron chi connectivity index (χ1n) is 7.79. The Bertz CT molecular complexity index is 1010. The third-order valence-electron chi connectivity index (χ3n) is 4.04. The van der Waals surface area contributed by atoms with Gasteiger partial charge in [0.15, 0.2) is 0 Å². The van der Waals surface area contributed by atoms with Gasteiger partial charge in [0.1, 0.15) is 10.6 Å². The summed E-state index contributed by atoms with van der Waals surface area (Å²) in [4.78, 5) is -0.000754. The lowest BCUT2D eigenvalue weighted by atomic mass is 9.96. The SMILES string of the molecule is COc1ccc(Cl)cc1S(=O)(=O)n1ccc2c1CCCC2=NN=C(N)N. The van der Waals surface area contributed by atoms with Crippen molar-refractivity contribution < 1.29 is 13.2 Å². The zero-order valence-corrected chi connectivity index (χ0v) is 15.6. The largest absolute Gasteiger partial charge is 0.495 e. The zero-order valence-electron chi connectivity index (χ0n) is 14.0. The van der Waals surface area contributed by atoms with Crippen LogP contribution in [0, 0.1) is 0 Å². The third kappa shape index (κ3) is 3.27. The molecule has 0 fully saturated rings. The molecule has 26 heavy (non-hydrogen) atoms. The fraction of sp³-hybridized carbons (Fsp3) is 0.250. The molecule has 0 amide bonds. The topological polar surface area (TPSA) is 125 Å². The molecule has 0 atom stereocenters. The molecule has 1 heterocycles. The van der Waals surface area contributed by atoms with E-state index in [1.54, 1.807) is 12.1 Å². The Morgan fingerprint density at radius 2 is 2.04 bits per heavy atom. The lowest BCUT2D eigenvalue weighted by Gasteiger charge is -2.18. The van der Waals surface area contributed by atoms with Crippen LogP contribution in [0.3, 0.4) is 0 Å². The molecule has 10 heteroatoms. The fourth-order valence-electron chi connectivity index (χ4n) is 2.92. The Labute approximate surface area is 156 Å². The number of nitrogens with two attached hydrogens (primary N) is 2. The van der Waals surface area contributed by atoms with E-state index in [4.69, 9.17) is 27.8 Å². The zero-order chi connectivity index (χ0) is 18.9. The normalized spacial score (nSPS) is 15.5. The third-order valence-corrected chi connectivity index (χ3v) is 6.01. The highest BCUT2D eigenvalue weighted by Gasteiger charge is 2.28. The fourth-order valence-corrected chi connectivity index (χ4v) is 4.75. The average molecular weight is 396 g/mol. The van der Waals surface area contributed by atoms with Crippen molar-refractivity contribution in [2.45, 2.75) is 24.2 Å². The number of halogens is 1. The Morgan fingerprint density at radius 1 is 1.27 bits per heavy atom. The minimum atomic E-state index is -3.89. The lowest BCUT2D eigenvalue weighted by Crippen LogP contribution is -2.23. The van der Waals surface area contributed by atoms with Gasteiger partial charge in [-0.2, -0.15) is 5.10 Å². The first-order valence-corrected chi connectivity index (χ1v) is 9.61. The van der Waals surface area contributed by atoms with Crippen LogP contribution >= 0.6 is 11.6 Å². The predicted octanol–water partition coefficient (Wildman–Crippen LogP) is 1.70. The van der Waals surface area contributed by atoms with Crippen molar-refractivity contribution >= 4 is 33.3 Å².